The number of carbonyl (C=O) groups excluding carboxylic acids is 2. The highest BCUT2D eigenvalue weighted by atomic mass is 16.2. The number of aromatic nitrogens is 3. The standard InChI is InChI=1S/C25H21N5O2/c31-22-11-6-16-30(22)19-14-12-18(13-15-19)25(32)26-21-10-5-4-9-20(21)24-27-23(28-29-24)17-7-2-1-3-8-17/h1-5,7-10,12-15H,6,11,16H2,(H,26,32)(H,27,28,29). The number of aromatic amines is 1. The van der Waals surface area contributed by atoms with Gasteiger partial charge in [-0.15, -0.1) is 0 Å². The van der Waals surface area contributed by atoms with Crippen LogP contribution in [-0.4, -0.2) is 33.5 Å². The molecular weight excluding hydrogens is 402 g/mol. The monoisotopic (exact) mass is 423 g/mol. The number of nitrogens with one attached hydrogen (secondary N) is 2. The molecule has 1 aliphatic rings. The average Bonchev–Trinajstić information content (AvgIpc) is 3.50. The van der Waals surface area contributed by atoms with Gasteiger partial charge in [0.2, 0.25) is 5.91 Å². The Morgan fingerprint density at radius 1 is 0.938 bits per heavy atom. The molecule has 1 fully saturated rings. The third-order valence-corrected chi connectivity index (χ3v) is 5.46. The van der Waals surface area contributed by atoms with Gasteiger partial charge in [-0.25, -0.2) is 4.98 Å². The van der Waals surface area contributed by atoms with Gasteiger partial charge in [0.1, 0.15) is 0 Å². The maximum atomic E-state index is 12.9. The molecule has 1 saturated heterocycles. The molecule has 2 heterocycles. The highest BCUT2D eigenvalue weighted by Crippen LogP contribution is 2.28. The van der Waals surface area contributed by atoms with Crippen LogP contribution in [0.1, 0.15) is 23.2 Å². The van der Waals surface area contributed by atoms with Gasteiger partial charge >= 0.3 is 0 Å². The van der Waals surface area contributed by atoms with E-state index in [4.69, 9.17) is 0 Å². The third-order valence-electron chi connectivity index (χ3n) is 5.46. The van der Waals surface area contributed by atoms with E-state index >= 15 is 0 Å². The molecule has 0 aliphatic carbocycles. The lowest BCUT2D eigenvalue weighted by Gasteiger charge is -2.16. The van der Waals surface area contributed by atoms with Gasteiger partial charge < -0.3 is 10.2 Å². The molecule has 0 radical (unpaired) electrons. The molecule has 2 amide bonds. The number of para-hydroxylation sites is 1. The van der Waals surface area contributed by atoms with Crippen molar-refractivity contribution in [1.29, 1.82) is 0 Å². The van der Waals surface area contributed by atoms with Gasteiger partial charge in [-0.3, -0.25) is 14.7 Å². The van der Waals surface area contributed by atoms with E-state index in [0.717, 1.165) is 29.8 Å². The van der Waals surface area contributed by atoms with Gasteiger partial charge in [-0.2, -0.15) is 5.10 Å². The second kappa shape index (κ2) is 8.47. The molecule has 7 nitrogen and oxygen atoms in total. The Labute approximate surface area is 185 Å². The van der Waals surface area contributed by atoms with Gasteiger partial charge in [0.25, 0.3) is 5.91 Å². The Kier molecular flexibility index (Phi) is 5.21. The second-order valence-electron chi connectivity index (χ2n) is 7.57. The van der Waals surface area contributed by atoms with Crippen molar-refractivity contribution in [2.45, 2.75) is 12.8 Å². The van der Waals surface area contributed by atoms with Crippen LogP contribution >= 0.6 is 0 Å². The number of rotatable bonds is 5. The Bertz CT molecular complexity index is 1270. The number of H-pyrrole nitrogens is 1. The van der Waals surface area contributed by atoms with E-state index < -0.39 is 0 Å². The number of hydrogen-bond donors (Lipinski definition) is 2. The van der Waals surface area contributed by atoms with Crippen molar-refractivity contribution < 1.29 is 9.59 Å². The lowest BCUT2D eigenvalue weighted by Crippen LogP contribution is -2.23. The first-order valence-corrected chi connectivity index (χ1v) is 10.5. The lowest BCUT2D eigenvalue weighted by molar-refractivity contribution is -0.117. The van der Waals surface area contributed by atoms with Gasteiger partial charge in [-0.1, -0.05) is 42.5 Å². The summed E-state index contributed by atoms with van der Waals surface area (Å²) in [7, 11) is 0. The largest absolute Gasteiger partial charge is 0.321 e. The summed E-state index contributed by atoms with van der Waals surface area (Å²) in [6, 6.07) is 24.3. The molecule has 158 valence electrons. The molecule has 32 heavy (non-hydrogen) atoms. The summed E-state index contributed by atoms with van der Waals surface area (Å²) >= 11 is 0. The fourth-order valence-electron chi connectivity index (χ4n) is 3.81. The SMILES string of the molecule is O=C(Nc1ccccc1-c1nc(-c2ccccc2)n[nH]1)c1ccc(N2CCCC2=O)cc1. The number of nitrogens with zero attached hydrogens (tertiary/aromatic N) is 3. The van der Waals surface area contributed by atoms with Crippen molar-refractivity contribution in [3.05, 3.63) is 84.4 Å². The average molecular weight is 423 g/mol. The minimum atomic E-state index is -0.237. The Hall–Kier alpha value is -4.26. The summed E-state index contributed by atoms with van der Waals surface area (Å²) in [5.41, 5.74) is 3.62. The molecule has 0 atom stereocenters. The first kappa shape index (κ1) is 19.7. The second-order valence-corrected chi connectivity index (χ2v) is 7.57. The third kappa shape index (κ3) is 3.88. The number of hydrogen-bond acceptors (Lipinski definition) is 4. The van der Waals surface area contributed by atoms with Crippen molar-refractivity contribution in [3.8, 4) is 22.8 Å². The zero-order valence-corrected chi connectivity index (χ0v) is 17.3. The molecule has 0 unspecified atom stereocenters. The van der Waals surface area contributed by atoms with Crippen LogP contribution in [-0.2, 0) is 4.79 Å². The van der Waals surface area contributed by atoms with Crippen LogP contribution in [0.15, 0.2) is 78.9 Å². The highest BCUT2D eigenvalue weighted by Gasteiger charge is 2.22. The fourth-order valence-corrected chi connectivity index (χ4v) is 3.81. The Morgan fingerprint density at radius 3 is 2.44 bits per heavy atom. The van der Waals surface area contributed by atoms with Crippen LogP contribution in [0.3, 0.4) is 0 Å². The van der Waals surface area contributed by atoms with Gasteiger partial charge in [-0.05, 0) is 42.8 Å². The van der Waals surface area contributed by atoms with Crippen molar-refractivity contribution in [2.24, 2.45) is 0 Å². The van der Waals surface area contributed by atoms with E-state index in [1.165, 1.54) is 0 Å². The summed E-state index contributed by atoms with van der Waals surface area (Å²) in [5, 5.41) is 10.2. The normalized spacial score (nSPS) is 13.4. The Morgan fingerprint density at radius 2 is 1.69 bits per heavy atom. The smallest absolute Gasteiger partial charge is 0.255 e. The number of carbonyl (C=O) groups is 2. The van der Waals surface area contributed by atoms with E-state index in [-0.39, 0.29) is 11.8 Å². The van der Waals surface area contributed by atoms with Gasteiger partial charge in [0.05, 0.1) is 5.69 Å². The number of amides is 2. The van der Waals surface area contributed by atoms with Crippen LogP contribution in [0.5, 0.6) is 0 Å². The van der Waals surface area contributed by atoms with Gasteiger partial charge in [0, 0.05) is 35.3 Å². The summed E-state index contributed by atoms with van der Waals surface area (Å²) in [6.45, 7) is 0.722. The van der Waals surface area contributed by atoms with Crippen molar-refractivity contribution in [3.63, 3.8) is 0 Å². The van der Waals surface area contributed by atoms with Gasteiger partial charge in [0.15, 0.2) is 11.6 Å². The van der Waals surface area contributed by atoms with E-state index in [1.54, 1.807) is 17.0 Å². The first-order chi connectivity index (χ1) is 15.7. The van der Waals surface area contributed by atoms with Crippen LogP contribution in [0.2, 0.25) is 0 Å². The summed E-state index contributed by atoms with van der Waals surface area (Å²) in [6.07, 6.45) is 1.44. The highest BCUT2D eigenvalue weighted by molar-refractivity contribution is 6.06. The molecule has 0 spiro atoms. The van der Waals surface area contributed by atoms with E-state index in [0.29, 0.717) is 29.3 Å². The predicted octanol–water partition coefficient (Wildman–Crippen LogP) is 4.52. The molecule has 4 aromatic rings. The lowest BCUT2D eigenvalue weighted by atomic mass is 10.1. The molecule has 1 aliphatic heterocycles. The predicted molar refractivity (Wildman–Crippen MR) is 123 cm³/mol. The van der Waals surface area contributed by atoms with Crippen molar-refractivity contribution >= 4 is 23.2 Å². The van der Waals surface area contributed by atoms with Crippen molar-refractivity contribution in [2.75, 3.05) is 16.8 Å². The van der Waals surface area contributed by atoms with E-state index in [2.05, 4.69) is 20.5 Å². The zero-order valence-electron chi connectivity index (χ0n) is 17.3. The summed E-state index contributed by atoms with van der Waals surface area (Å²) in [5.74, 6) is 1.05. The molecule has 7 heteroatoms. The molecule has 5 rings (SSSR count). The van der Waals surface area contributed by atoms with Crippen LogP contribution in [0.4, 0.5) is 11.4 Å². The summed E-state index contributed by atoms with van der Waals surface area (Å²) < 4.78 is 0. The minimum Gasteiger partial charge on any atom is -0.321 e. The molecule has 1 aromatic heterocycles. The van der Waals surface area contributed by atoms with E-state index in [9.17, 15) is 9.59 Å². The maximum absolute atomic E-state index is 12.9. The minimum absolute atomic E-state index is 0.123. The molecule has 2 N–H and O–H groups in total. The maximum Gasteiger partial charge on any atom is 0.255 e. The first-order valence-electron chi connectivity index (χ1n) is 10.5. The molecule has 3 aromatic carbocycles. The van der Waals surface area contributed by atoms with Crippen LogP contribution < -0.4 is 10.2 Å². The molecular formula is C25H21N5O2. The molecule has 0 saturated carbocycles. The van der Waals surface area contributed by atoms with Crippen LogP contribution in [0.25, 0.3) is 22.8 Å². The number of anilines is 2. The number of benzene rings is 3. The zero-order chi connectivity index (χ0) is 21.9. The van der Waals surface area contributed by atoms with Crippen molar-refractivity contribution in [1.82, 2.24) is 15.2 Å². The summed E-state index contributed by atoms with van der Waals surface area (Å²) in [4.78, 5) is 31.2. The van der Waals surface area contributed by atoms with E-state index in [1.807, 2.05) is 66.7 Å². The quantitative estimate of drug-likeness (QED) is 0.494. The van der Waals surface area contributed by atoms with Crippen LogP contribution in [0, 0.1) is 0 Å². The Balaban J connectivity index is 1.36. The fraction of sp³-hybridized carbons (Fsp3) is 0.120. The topological polar surface area (TPSA) is 91.0 Å². The molecule has 0 bridgehead atoms.